The Bertz CT molecular complexity index is 928. The number of hydrogen-bond donors (Lipinski definition) is 1. The molecule has 1 atom stereocenters. The van der Waals surface area contributed by atoms with Crippen LogP contribution in [0.1, 0.15) is 17.5 Å². The van der Waals surface area contributed by atoms with Gasteiger partial charge in [0.15, 0.2) is 0 Å². The summed E-state index contributed by atoms with van der Waals surface area (Å²) in [6, 6.07) is 11.2. The maximum Gasteiger partial charge on any atom is 0.245 e. The van der Waals surface area contributed by atoms with Crippen LogP contribution in [0, 0.1) is 13.8 Å². The third kappa shape index (κ3) is 3.56. The first-order valence-electron chi connectivity index (χ1n) is 7.95. The zero-order chi connectivity index (χ0) is 18.2. The van der Waals surface area contributed by atoms with Gasteiger partial charge in [-0.1, -0.05) is 29.8 Å². The summed E-state index contributed by atoms with van der Waals surface area (Å²) in [5, 5.41) is 0.131. The van der Waals surface area contributed by atoms with Gasteiger partial charge in [-0.05, 0) is 55.7 Å². The molecule has 0 spiro atoms. The Hall–Kier alpha value is -1.89. The molecule has 1 aliphatic heterocycles. The van der Waals surface area contributed by atoms with Crippen molar-refractivity contribution in [2.24, 2.45) is 0 Å². The van der Waals surface area contributed by atoms with Gasteiger partial charge in [-0.2, -0.15) is 4.72 Å². The van der Waals surface area contributed by atoms with Gasteiger partial charge < -0.3 is 4.90 Å². The van der Waals surface area contributed by atoms with E-state index in [1.165, 1.54) is 12.1 Å². The fourth-order valence-corrected chi connectivity index (χ4v) is 4.60. The van der Waals surface area contributed by atoms with Crippen LogP contribution in [0.25, 0.3) is 0 Å². The van der Waals surface area contributed by atoms with Gasteiger partial charge in [-0.25, -0.2) is 8.42 Å². The molecule has 5 nitrogen and oxygen atoms in total. The summed E-state index contributed by atoms with van der Waals surface area (Å²) in [6.07, 6.45) is 0.412. The van der Waals surface area contributed by atoms with E-state index in [1.54, 1.807) is 17.0 Å². The molecule has 1 amide bonds. The lowest BCUT2D eigenvalue weighted by Gasteiger charge is -2.18. The molecule has 0 aromatic heterocycles. The first-order valence-corrected chi connectivity index (χ1v) is 9.81. The molecule has 1 N–H and O–H groups in total. The number of rotatable bonds is 4. The minimum atomic E-state index is -3.86. The summed E-state index contributed by atoms with van der Waals surface area (Å²) in [5.74, 6) is -0.251. The normalized spacial score (nSPS) is 18.0. The minimum Gasteiger partial charge on any atom is -0.311 e. The molecule has 0 radical (unpaired) electrons. The lowest BCUT2D eigenvalue weighted by Crippen LogP contribution is -2.41. The average molecular weight is 379 g/mol. The number of amides is 1. The van der Waals surface area contributed by atoms with Crippen molar-refractivity contribution < 1.29 is 13.2 Å². The van der Waals surface area contributed by atoms with Crippen molar-refractivity contribution in [2.45, 2.75) is 31.2 Å². The van der Waals surface area contributed by atoms with Crippen molar-refractivity contribution >= 4 is 33.2 Å². The van der Waals surface area contributed by atoms with Crippen LogP contribution in [-0.2, 0) is 14.8 Å². The van der Waals surface area contributed by atoms with E-state index in [4.69, 9.17) is 11.6 Å². The zero-order valence-corrected chi connectivity index (χ0v) is 15.6. The molecule has 0 unspecified atom stereocenters. The van der Waals surface area contributed by atoms with Crippen LogP contribution in [0.4, 0.5) is 5.69 Å². The van der Waals surface area contributed by atoms with Crippen LogP contribution in [-0.4, -0.2) is 26.9 Å². The number of carbonyl (C=O) groups is 1. The van der Waals surface area contributed by atoms with Crippen molar-refractivity contribution in [3.8, 4) is 0 Å². The quantitative estimate of drug-likeness (QED) is 0.889. The Balaban J connectivity index is 1.80. The summed E-state index contributed by atoms with van der Waals surface area (Å²) < 4.78 is 27.5. The van der Waals surface area contributed by atoms with Crippen molar-refractivity contribution in [2.75, 3.05) is 11.4 Å². The number of benzene rings is 2. The van der Waals surface area contributed by atoms with Gasteiger partial charge in [0.25, 0.3) is 0 Å². The zero-order valence-electron chi connectivity index (χ0n) is 14.0. The Kier molecular flexibility index (Phi) is 4.86. The first-order chi connectivity index (χ1) is 11.8. The van der Waals surface area contributed by atoms with Crippen molar-refractivity contribution in [3.05, 3.63) is 58.6 Å². The average Bonchev–Trinajstić information content (AvgIpc) is 2.91. The number of carbonyl (C=O) groups excluding carboxylic acids is 1. The molecule has 0 saturated carbocycles. The van der Waals surface area contributed by atoms with Gasteiger partial charge in [0.05, 0.1) is 5.02 Å². The third-order valence-electron chi connectivity index (χ3n) is 4.43. The second-order valence-corrected chi connectivity index (χ2v) is 8.24. The monoisotopic (exact) mass is 378 g/mol. The number of nitrogens with one attached hydrogen (secondary N) is 1. The molecule has 1 heterocycles. The number of aryl methyl sites for hydroxylation is 2. The molecule has 7 heteroatoms. The number of anilines is 1. The van der Waals surface area contributed by atoms with Crippen LogP contribution in [0.3, 0.4) is 0 Å². The summed E-state index contributed by atoms with van der Waals surface area (Å²) >= 11 is 5.97. The molecule has 1 aliphatic rings. The van der Waals surface area contributed by atoms with E-state index in [9.17, 15) is 13.2 Å². The second-order valence-electron chi connectivity index (χ2n) is 6.15. The highest BCUT2D eigenvalue weighted by Crippen LogP contribution is 2.26. The van der Waals surface area contributed by atoms with Crippen molar-refractivity contribution in [3.63, 3.8) is 0 Å². The van der Waals surface area contributed by atoms with Gasteiger partial charge in [-0.15, -0.1) is 0 Å². The highest BCUT2D eigenvalue weighted by Gasteiger charge is 2.36. The first kappa shape index (κ1) is 17.9. The van der Waals surface area contributed by atoms with E-state index >= 15 is 0 Å². The molecular formula is C18H19ClN2O3S. The van der Waals surface area contributed by atoms with Crippen LogP contribution in [0.5, 0.6) is 0 Å². The topological polar surface area (TPSA) is 66.5 Å². The molecule has 2 aromatic carbocycles. The molecule has 25 heavy (non-hydrogen) atoms. The van der Waals surface area contributed by atoms with Crippen LogP contribution < -0.4 is 9.62 Å². The molecule has 1 saturated heterocycles. The van der Waals surface area contributed by atoms with Crippen LogP contribution >= 0.6 is 11.6 Å². The summed E-state index contributed by atoms with van der Waals surface area (Å²) in [4.78, 5) is 14.3. The van der Waals surface area contributed by atoms with E-state index in [2.05, 4.69) is 4.72 Å². The molecule has 3 rings (SSSR count). The fraction of sp³-hybridized carbons (Fsp3) is 0.278. The maximum absolute atomic E-state index is 12.7. The Labute approximate surface area is 152 Å². The molecule has 0 aliphatic carbocycles. The van der Waals surface area contributed by atoms with E-state index in [-0.39, 0.29) is 15.8 Å². The predicted molar refractivity (Wildman–Crippen MR) is 98.4 cm³/mol. The SMILES string of the molecule is Cc1ccc(N2CC[C@H](NS(=O)(=O)c3ccccc3Cl)C2=O)cc1C. The highest BCUT2D eigenvalue weighted by molar-refractivity contribution is 7.89. The van der Waals surface area contributed by atoms with E-state index in [0.29, 0.717) is 13.0 Å². The number of halogens is 1. The van der Waals surface area contributed by atoms with E-state index in [0.717, 1.165) is 16.8 Å². The Morgan fingerprint density at radius 3 is 2.52 bits per heavy atom. The van der Waals surface area contributed by atoms with Crippen molar-refractivity contribution in [1.29, 1.82) is 0 Å². The molecule has 132 valence electrons. The Morgan fingerprint density at radius 2 is 1.84 bits per heavy atom. The summed E-state index contributed by atoms with van der Waals surface area (Å²) in [5.41, 5.74) is 3.02. The Morgan fingerprint density at radius 1 is 1.12 bits per heavy atom. The van der Waals surface area contributed by atoms with Crippen LogP contribution in [0.2, 0.25) is 5.02 Å². The predicted octanol–water partition coefficient (Wildman–Crippen LogP) is 3.04. The summed E-state index contributed by atoms with van der Waals surface area (Å²) in [6.45, 7) is 4.46. The molecule has 1 fully saturated rings. The molecule has 2 aromatic rings. The number of hydrogen-bond acceptors (Lipinski definition) is 3. The van der Waals surface area contributed by atoms with E-state index < -0.39 is 16.1 Å². The lowest BCUT2D eigenvalue weighted by molar-refractivity contribution is -0.118. The molecule has 0 bridgehead atoms. The summed E-state index contributed by atoms with van der Waals surface area (Å²) in [7, 11) is -3.86. The van der Waals surface area contributed by atoms with Gasteiger partial charge in [0, 0.05) is 12.2 Å². The largest absolute Gasteiger partial charge is 0.311 e. The van der Waals surface area contributed by atoms with Gasteiger partial charge in [-0.3, -0.25) is 4.79 Å². The highest BCUT2D eigenvalue weighted by atomic mass is 35.5. The second kappa shape index (κ2) is 6.78. The number of nitrogens with zero attached hydrogens (tertiary/aromatic N) is 1. The maximum atomic E-state index is 12.7. The third-order valence-corrected chi connectivity index (χ3v) is 6.40. The minimum absolute atomic E-state index is 0.0194. The van der Waals surface area contributed by atoms with Crippen molar-refractivity contribution in [1.82, 2.24) is 4.72 Å². The smallest absolute Gasteiger partial charge is 0.245 e. The number of sulfonamides is 1. The van der Waals surface area contributed by atoms with E-state index in [1.807, 2.05) is 32.0 Å². The van der Waals surface area contributed by atoms with Gasteiger partial charge in [0.1, 0.15) is 10.9 Å². The fourth-order valence-electron chi connectivity index (χ4n) is 2.85. The van der Waals surface area contributed by atoms with Gasteiger partial charge in [0.2, 0.25) is 15.9 Å². The standard InChI is InChI=1S/C18H19ClN2O3S/c1-12-7-8-14(11-13(12)2)21-10-9-16(18(21)22)20-25(23,24)17-6-4-3-5-15(17)19/h3-8,11,16,20H,9-10H2,1-2H3/t16-/m0/s1. The molecular weight excluding hydrogens is 360 g/mol. The van der Waals surface area contributed by atoms with Gasteiger partial charge >= 0.3 is 0 Å². The lowest BCUT2D eigenvalue weighted by atomic mass is 10.1. The van der Waals surface area contributed by atoms with Crippen LogP contribution in [0.15, 0.2) is 47.4 Å².